The maximum atomic E-state index is 13.3. The highest BCUT2D eigenvalue weighted by atomic mass is 32.1. The number of ether oxygens (including phenoxy) is 1. The van der Waals surface area contributed by atoms with Crippen LogP contribution in [0.2, 0.25) is 0 Å². The second-order valence-electron chi connectivity index (χ2n) is 4.35. The molecule has 23 heavy (non-hydrogen) atoms. The van der Waals surface area contributed by atoms with E-state index in [1.807, 2.05) is 0 Å². The van der Waals surface area contributed by atoms with Crippen molar-refractivity contribution in [3.05, 3.63) is 52.5 Å². The van der Waals surface area contributed by atoms with Gasteiger partial charge in [-0.25, -0.2) is 4.39 Å². The first-order valence-corrected chi connectivity index (χ1v) is 7.46. The van der Waals surface area contributed by atoms with Crippen molar-refractivity contribution in [2.24, 2.45) is 0 Å². The summed E-state index contributed by atoms with van der Waals surface area (Å²) in [5.41, 5.74) is -0.000419. The minimum absolute atomic E-state index is 0.000419. The molecule has 0 saturated heterocycles. The molecule has 0 bridgehead atoms. The number of esters is 1. The third-order valence-electron chi connectivity index (χ3n) is 2.65. The van der Waals surface area contributed by atoms with E-state index in [4.69, 9.17) is 4.74 Å². The minimum atomic E-state index is -0.765. The average molecular weight is 336 g/mol. The number of hydrogen-bond donors (Lipinski definition) is 2. The lowest BCUT2D eigenvalue weighted by molar-refractivity contribution is -0.146. The highest BCUT2D eigenvalue weighted by molar-refractivity contribution is 7.12. The summed E-state index contributed by atoms with van der Waals surface area (Å²) in [5, 5.41) is 6.38. The summed E-state index contributed by atoms with van der Waals surface area (Å²) in [4.78, 5) is 35.1. The van der Waals surface area contributed by atoms with Crippen molar-refractivity contribution >= 4 is 34.8 Å². The SMILES string of the molecule is O=C(COC(=O)CNC(=O)c1cccs1)Nc1ccccc1F. The van der Waals surface area contributed by atoms with Crippen LogP contribution in [0.4, 0.5) is 10.1 Å². The Kier molecular flexibility index (Phi) is 5.81. The fraction of sp³-hybridized carbons (Fsp3) is 0.133. The van der Waals surface area contributed by atoms with Gasteiger partial charge in [0.25, 0.3) is 11.8 Å². The van der Waals surface area contributed by atoms with Crippen LogP contribution in [0.25, 0.3) is 0 Å². The van der Waals surface area contributed by atoms with E-state index in [0.717, 1.165) is 0 Å². The Morgan fingerprint density at radius 2 is 1.91 bits per heavy atom. The van der Waals surface area contributed by atoms with Crippen molar-refractivity contribution in [2.75, 3.05) is 18.5 Å². The van der Waals surface area contributed by atoms with Crippen LogP contribution < -0.4 is 10.6 Å². The number of amides is 2. The Bertz CT molecular complexity index is 703. The molecule has 6 nitrogen and oxygen atoms in total. The number of nitrogens with one attached hydrogen (secondary N) is 2. The number of carbonyl (C=O) groups excluding carboxylic acids is 3. The molecule has 2 aromatic rings. The van der Waals surface area contributed by atoms with Gasteiger partial charge in [-0.1, -0.05) is 18.2 Å². The summed E-state index contributed by atoms with van der Waals surface area (Å²) in [6.07, 6.45) is 0. The summed E-state index contributed by atoms with van der Waals surface area (Å²) in [5.74, 6) is -2.42. The molecule has 1 aromatic carbocycles. The van der Waals surface area contributed by atoms with E-state index >= 15 is 0 Å². The van der Waals surface area contributed by atoms with Gasteiger partial charge in [0.1, 0.15) is 12.4 Å². The first-order valence-electron chi connectivity index (χ1n) is 6.58. The van der Waals surface area contributed by atoms with Crippen molar-refractivity contribution in [1.29, 1.82) is 0 Å². The molecule has 0 atom stereocenters. The molecule has 0 aliphatic rings. The third kappa shape index (κ3) is 5.19. The van der Waals surface area contributed by atoms with E-state index in [1.54, 1.807) is 23.6 Å². The van der Waals surface area contributed by atoms with Crippen molar-refractivity contribution in [1.82, 2.24) is 5.32 Å². The molecule has 2 N–H and O–H groups in total. The molecular weight excluding hydrogens is 323 g/mol. The molecule has 0 fully saturated rings. The van der Waals surface area contributed by atoms with Gasteiger partial charge in [0.05, 0.1) is 10.6 Å². The van der Waals surface area contributed by atoms with Crippen LogP contribution in [0, 0.1) is 5.82 Å². The Morgan fingerprint density at radius 1 is 1.13 bits per heavy atom. The topological polar surface area (TPSA) is 84.5 Å². The van der Waals surface area contributed by atoms with Gasteiger partial charge in [0, 0.05) is 0 Å². The molecule has 1 aromatic heterocycles. The van der Waals surface area contributed by atoms with E-state index in [9.17, 15) is 18.8 Å². The van der Waals surface area contributed by atoms with Crippen molar-refractivity contribution in [3.63, 3.8) is 0 Å². The van der Waals surface area contributed by atoms with Crippen LogP contribution in [0.5, 0.6) is 0 Å². The highest BCUT2D eigenvalue weighted by Crippen LogP contribution is 2.12. The lowest BCUT2D eigenvalue weighted by atomic mass is 10.3. The maximum Gasteiger partial charge on any atom is 0.325 e. The molecule has 0 aliphatic heterocycles. The van der Waals surface area contributed by atoms with Crippen LogP contribution >= 0.6 is 11.3 Å². The van der Waals surface area contributed by atoms with Gasteiger partial charge in [-0.15, -0.1) is 11.3 Å². The lowest BCUT2D eigenvalue weighted by Gasteiger charge is -2.07. The molecule has 8 heteroatoms. The fourth-order valence-electron chi connectivity index (χ4n) is 1.59. The van der Waals surface area contributed by atoms with E-state index in [2.05, 4.69) is 10.6 Å². The highest BCUT2D eigenvalue weighted by Gasteiger charge is 2.12. The molecular formula is C15H13FN2O4S. The predicted molar refractivity (Wildman–Crippen MR) is 82.6 cm³/mol. The summed E-state index contributed by atoms with van der Waals surface area (Å²) >= 11 is 1.24. The normalized spacial score (nSPS) is 9.96. The monoisotopic (exact) mass is 336 g/mol. The smallest absolute Gasteiger partial charge is 0.325 e. The standard InChI is InChI=1S/C15H13FN2O4S/c16-10-4-1-2-5-11(10)18-13(19)9-22-14(20)8-17-15(21)12-6-3-7-23-12/h1-7H,8-9H2,(H,17,21)(H,18,19). The van der Waals surface area contributed by atoms with Gasteiger partial charge in [-0.2, -0.15) is 0 Å². The second-order valence-corrected chi connectivity index (χ2v) is 5.30. The largest absolute Gasteiger partial charge is 0.454 e. The Labute approximate surface area is 135 Å². The number of halogens is 1. The van der Waals surface area contributed by atoms with Crippen LogP contribution in [-0.4, -0.2) is 30.9 Å². The van der Waals surface area contributed by atoms with Gasteiger partial charge in [0.15, 0.2) is 6.61 Å². The molecule has 120 valence electrons. The van der Waals surface area contributed by atoms with Crippen LogP contribution in [-0.2, 0) is 14.3 Å². The molecule has 2 amide bonds. The maximum absolute atomic E-state index is 13.3. The number of hydrogen-bond acceptors (Lipinski definition) is 5. The number of rotatable bonds is 6. The number of anilines is 1. The first-order chi connectivity index (χ1) is 11.1. The van der Waals surface area contributed by atoms with Gasteiger partial charge in [0.2, 0.25) is 0 Å². The zero-order chi connectivity index (χ0) is 16.7. The number of carbonyl (C=O) groups is 3. The number of para-hydroxylation sites is 1. The Morgan fingerprint density at radius 3 is 2.61 bits per heavy atom. The number of benzene rings is 1. The third-order valence-corrected chi connectivity index (χ3v) is 3.52. The quantitative estimate of drug-likeness (QED) is 0.788. The number of thiophene rings is 1. The summed E-state index contributed by atoms with van der Waals surface area (Å²) in [6, 6.07) is 8.96. The predicted octanol–water partition coefficient (Wildman–Crippen LogP) is 1.80. The van der Waals surface area contributed by atoms with E-state index in [-0.39, 0.29) is 12.2 Å². The summed E-state index contributed by atoms with van der Waals surface area (Å²) in [7, 11) is 0. The lowest BCUT2D eigenvalue weighted by Crippen LogP contribution is -2.31. The molecule has 0 spiro atoms. The summed E-state index contributed by atoms with van der Waals surface area (Å²) < 4.78 is 18.0. The molecule has 0 unspecified atom stereocenters. The van der Waals surface area contributed by atoms with Gasteiger partial charge in [-0.05, 0) is 23.6 Å². The van der Waals surface area contributed by atoms with Crippen LogP contribution in [0.15, 0.2) is 41.8 Å². The first kappa shape index (κ1) is 16.6. The second kappa shape index (κ2) is 8.04. The summed E-state index contributed by atoms with van der Waals surface area (Å²) in [6.45, 7) is -0.925. The Hall–Kier alpha value is -2.74. The van der Waals surface area contributed by atoms with Crippen molar-refractivity contribution in [3.8, 4) is 0 Å². The fourth-order valence-corrected chi connectivity index (χ4v) is 2.23. The van der Waals surface area contributed by atoms with Crippen molar-refractivity contribution in [2.45, 2.75) is 0 Å². The molecule has 2 rings (SSSR count). The Balaban J connectivity index is 1.71. The zero-order valence-electron chi connectivity index (χ0n) is 11.9. The molecule has 0 radical (unpaired) electrons. The van der Waals surface area contributed by atoms with Crippen LogP contribution in [0.1, 0.15) is 9.67 Å². The average Bonchev–Trinajstić information content (AvgIpc) is 3.07. The zero-order valence-corrected chi connectivity index (χ0v) is 12.7. The molecule has 0 saturated carbocycles. The van der Waals surface area contributed by atoms with Crippen molar-refractivity contribution < 1.29 is 23.5 Å². The van der Waals surface area contributed by atoms with E-state index in [0.29, 0.717) is 4.88 Å². The molecule has 0 aliphatic carbocycles. The van der Waals surface area contributed by atoms with E-state index < -0.39 is 30.2 Å². The van der Waals surface area contributed by atoms with Gasteiger partial charge in [-0.3, -0.25) is 14.4 Å². The molecule has 1 heterocycles. The van der Waals surface area contributed by atoms with Gasteiger partial charge < -0.3 is 15.4 Å². The van der Waals surface area contributed by atoms with Gasteiger partial charge >= 0.3 is 5.97 Å². The van der Waals surface area contributed by atoms with Crippen LogP contribution in [0.3, 0.4) is 0 Å². The minimum Gasteiger partial charge on any atom is -0.454 e. The van der Waals surface area contributed by atoms with E-state index in [1.165, 1.54) is 29.5 Å².